The van der Waals surface area contributed by atoms with Crippen LogP contribution in [0, 0.1) is 24.1 Å². The summed E-state index contributed by atoms with van der Waals surface area (Å²) in [5.41, 5.74) is 2.47. The molecule has 98 valence electrons. The van der Waals surface area contributed by atoms with Gasteiger partial charge in [0.25, 0.3) is 0 Å². The van der Waals surface area contributed by atoms with E-state index in [0.29, 0.717) is 5.69 Å². The number of rotatable bonds is 3. The van der Waals surface area contributed by atoms with E-state index < -0.39 is 5.82 Å². The van der Waals surface area contributed by atoms with Crippen molar-refractivity contribution in [3.05, 3.63) is 47.0 Å². The molecule has 0 aliphatic rings. The van der Waals surface area contributed by atoms with Crippen molar-refractivity contribution in [3.63, 3.8) is 0 Å². The van der Waals surface area contributed by atoms with E-state index in [9.17, 15) is 4.39 Å². The maximum atomic E-state index is 13.5. The van der Waals surface area contributed by atoms with Crippen LogP contribution >= 0.6 is 0 Å². The first-order chi connectivity index (χ1) is 9.02. The van der Waals surface area contributed by atoms with Gasteiger partial charge in [-0.3, -0.25) is 4.68 Å². The normalized spacial score (nSPS) is 11.9. The zero-order valence-corrected chi connectivity index (χ0v) is 11.1. The molecule has 0 saturated carbocycles. The van der Waals surface area contributed by atoms with Crippen LogP contribution in [0.4, 0.5) is 10.1 Å². The first-order valence-electron chi connectivity index (χ1n) is 5.98. The topological polar surface area (TPSA) is 53.6 Å². The fraction of sp³-hybridized carbons (Fsp3) is 0.286. The molecule has 0 saturated heterocycles. The number of nitriles is 1. The molecule has 4 nitrogen and oxygen atoms in total. The highest BCUT2D eigenvalue weighted by molar-refractivity contribution is 5.58. The lowest BCUT2D eigenvalue weighted by Crippen LogP contribution is -2.09. The minimum absolute atomic E-state index is 0.0379. The van der Waals surface area contributed by atoms with Gasteiger partial charge in [0.15, 0.2) is 0 Å². The van der Waals surface area contributed by atoms with Gasteiger partial charge in [-0.15, -0.1) is 0 Å². The molecule has 0 fully saturated rings. The van der Waals surface area contributed by atoms with Crippen LogP contribution in [0.15, 0.2) is 24.4 Å². The van der Waals surface area contributed by atoms with E-state index in [4.69, 9.17) is 5.26 Å². The molecule has 0 spiro atoms. The first-order valence-corrected chi connectivity index (χ1v) is 5.98. The Kier molecular flexibility index (Phi) is 3.52. The molecule has 19 heavy (non-hydrogen) atoms. The maximum absolute atomic E-state index is 13.5. The van der Waals surface area contributed by atoms with Gasteiger partial charge >= 0.3 is 0 Å². The Hall–Kier alpha value is -2.35. The molecule has 2 rings (SSSR count). The molecule has 0 bridgehead atoms. The van der Waals surface area contributed by atoms with Crippen LogP contribution in [0.2, 0.25) is 0 Å². The minimum Gasteiger partial charge on any atom is -0.377 e. The van der Waals surface area contributed by atoms with E-state index in [0.717, 1.165) is 11.3 Å². The average Bonchev–Trinajstić information content (AvgIpc) is 2.69. The quantitative estimate of drug-likeness (QED) is 0.921. The molecule has 0 radical (unpaired) electrons. The van der Waals surface area contributed by atoms with Gasteiger partial charge in [0.2, 0.25) is 0 Å². The Labute approximate surface area is 111 Å². The number of hydrogen-bond donors (Lipinski definition) is 1. The summed E-state index contributed by atoms with van der Waals surface area (Å²) in [6.45, 7) is 3.88. The number of hydrogen-bond acceptors (Lipinski definition) is 3. The number of halogens is 1. The van der Waals surface area contributed by atoms with Crippen molar-refractivity contribution in [2.45, 2.75) is 19.9 Å². The molecular weight excluding hydrogens is 243 g/mol. The highest BCUT2D eigenvalue weighted by Gasteiger charge is 2.14. The summed E-state index contributed by atoms with van der Waals surface area (Å²) in [5, 5.41) is 16.4. The molecular formula is C14H15FN4. The predicted octanol–water partition coefficient (Wildman–Crippen LogP) is 2.91. The summed E-state index contributed by atoms with van der Waals surface area (Å²) in [4.78, 5) is 0. The molecule has 0 aliphatic carbocycles. The lowest BCUT2D eigenvalue weighted by Gasteiger charge is -2.15. The highest BCUT2D eigenvalue weighted by atomic mass is 19.1. The third-order valence-corrected chi connectivity index (χ3v) is 3.02. The van der Waals surface area contributed by atoms with Crippen LogP contribution in [0.5, 0.6) is 0 Å². The van der Waals surface area contributed by atoms with E-state index in [2.05, 4.69) is 10.4 Å². The fourth-order valence-electron chi connectivity index (χ4n) is 2.11. The zero-order chi connectivity index (χ0) is 14.0. The van der Waals surface area contributed by atoms with Crippen LogP contribution < -0.4 is 5.32 Å². The van der Waals surface area contributed by atoms with Gasteiger partial charge in [-0.25, -0.2) is 4.39 Å². The number of anilines is 1. The maximum Gasteiger partial charge on any atom is 0.143 e. The lowest BCUT2D eigenvalue weighted by molar-refractivity contribution is 0.624. The van der Waals surface area contributed by atoms with E-state index in [1.165, 1.54) is 6.07 Å². The summed E-state index contributed by atoms with van der Waals surface area (Å²) in [6, 6.07) is 6.39. The van der Waals surface area contributed by atoms with Gasteiger partial charge in [-0.1, -0.05) is 6.07 Å². The van der Waals surface area contributed by atoms with Gasteiger partial charge in [0.05, 0.1) is 17.4 Å². The minimum atomic E-state index is -0.511. The molecule has 0 aliphatic heterocycles. The smallest absolute Gasteiger partial charge is 0.143 e. The van der Waals surface area contributed by atoms with E-state index in [-0.39, 0.29) is 11.6 Å². The van der Waals surface area contributed by atoms with Crippen molar-refractivity contribution < 1.29 is 4.39 Å². The Morgan fingerprint density at radius 2 is 2.21 bits per heavy atom. The van der Waals surface area contributed by atoms with Crippen molar-refractivity contribution in [3.8, 4) is 6.07 Å². The number of nitrogens with one attached hydrogen (secondary N) is 1. The van der Waals surface area contributed by atoms with E-state index >= 15 is 0 Å². The van der Waals surface area contributed by atoms with E-state index in [1.807, 2.05) is 33.2 Å². The van der Waals surface area contributed by atoms with Crippen LogP contribution in [0.1, 0.15) is 29.8 Å². The Balaban J connectivity index is 2.30. The van der Waals surface area contributed by atoms with Crippen molar-refractivity contribution >= 4 is 5.69 Å². The lowest BCUT2D eigenvalue weighted by atomic mass is 10.1. The second-order valence-corrected chi connectivity index (χ2v) is 4.48. The summed E-state index contributed by atoms with van der Waals surface area (Å²) >= 11 is 0. The van der Waals surface area contributed by atoms with Crippen LogP contribution in [-0.4, -0.2) is 9.78 Å². The van der Waals surface area contributed by atoms with E-state index in [1.54, 1.807) is 16.8 Å². The van der Waals surface area contributed by atoms with Gasteiger partial charge in [0, 0.05) is 18.8 Å². The largest absolute Gasteiger partial charge is 0.377 e. The fourth-order valence-corrected chi connectivity index (χ4v) is 2.11. The summed E-state index contributed by atoms with van der Waals surface area (Å²) < 4.78 is 15.2. The monoisotopic (exact) mass is 258 g/mol. The van der Waals surface area contributed by atoms with Crippen molar-refractivity contribution in [2.75, 3.05) is 5.32 Å². The third-order valence-electron chi connectivity index (χ3n) is 3.02. The molecule has 1 aromatic carbocycles. The van der Waals surface area contributed by atoms with Gasteiger partial charge in [-0.05, 0) is 26.0 Å². The number of nitrogens with zero attached hydrogens (tertiary/aromatic N) is 3. The van der Waals surface area contributed by atoms with Gasteiger partial charge < -0.3 is 5.32 Å². The van der Waals surface area contributed by atoms with Gasteiger partial charge in [0.1, 0.15) is 17.4 Å². The third kappa shape index (κ3) is 2.58. The Bertz CT molecular complexity index is 639. The Morgan fingerprint density at radius 1 is 1.47 bits per heavy atom. The van der Waals surface area contributed by atoms with Gasteiger partial charge in [-0.2, -0.15) is 10.4 Å². The second-order valence-electron chi connectivity index (χ2n) is 4.48. The second kappa shape index (κ2) is 5.11. The number of aryl methyl sites for hydroxylation is 2. The number of aromatic nitrogens is 2. The Morgan fingerprint density at radius 3 is 2.79 bits per heavy atom. The van der Waals surface area contributed by atoms with Crippen molar-refractivity contribution in [2.24, 2.45) is 7.05 Å². The number of benzene rings is 1. The molecule has 1 atom stereocenters. The zero-order valence-electron chi connectivity index (χ0n) is 11.1. The first kappa shape index (κ1) is 13.1. The molecule has 2 aromatic rings. The standard InChI is InChI=1S/C14H15FN4/c1-9(12-8-19(3)18-10(12)2)17-14-6-4-5-13(15)11(14)7-16/h4-6,8-9,17H,1-3H3. The summed E-state index contributed by atoms with van der Waals surface area (Å²) in [7, 11) is 1.85. The SMILES string of the molecule is Cc1nn(C)cc1C(C)Nc1cccc(F)c1C#N. The molecule has 1 aromatic heterocycles. The molecule has 1 N–H and O–H groups in total. The average molecular weight is 258 g/mol. The summed E-state index contributed by atoms with van der Waals surface area (Å²) in [6.07, 6.45) is 1.92. The summed E-state index contributed by atoms with van der Waals surface area (Å²) in [5.74, 6) is -0.511. The van der Waals surface area contributed by atoms with Crippen molar-refractivity contribution in [1.82, 2.24) is 9.78 Å². The molecule has 5 heteroatoms. The highest BCUT2D eigenvalue weighted by Crippen LogP contribution is 2.24. The molecule has 0 amide bonds. The van der Waals surface area contributed by atoms with Crippen LogP contribution in [-0.2, 0) is 7.05 Å². The predicted molar refractivity (Wildman–Crippen MR) is 71.1 cm³/mol. The molecule has 1 heterocycles. The molecule has 1 unspecified atom stereocenters. The van der Waals surface area contributed by atoms with Crippen molar-refractivity contribution in [1.29, 1.82) is 5.26 Å². The van der Waals surface area contributed by atoms with Crippen LogP contribution in [0.3, 0.4) is 0 Å². The van der Waals surface area contributed by atoms with Crippen LogP contribution in [0.25, 0.3) is 0 Å².